The summed E-state index contributed by atoms with van der Waals surface area (Å²) >= 11 is 0. The number of hydrogen-bond donors (Lipinski definition) is 4. The molecule has 3 unspecified atom stereocenters. The summed E-state index contributed by atoms with van der Waals surface area (Å²) < 4.78 is 54.0. The molecule has 0 saturated carbocycles. The minimum absolute atomic E-state index is 0.138. The number of allylic oxidation sites excluding steroid dienone is 8. The Hall–Kier alpha value is -2.39. The molecular formula is C46H80O12S. The summed E-state index contributed by atoms with van der Waals surface area (Å²) in [6.07, 6.45) is 33.0. The Morgan fingerprint density at radius 2 is 1.08 bits per heavy atom. The molecule has 0 spiro atoms. The maximum atomic E-state index is 12.8. The molecule has 1 heterocycles. The zero-order valence-corrected chi connectivity index (χ0v) is 37.2. The van der Waals surface area contributed by atoms with Crippen LogP contribution in [0.3, 0.4) is 0 Å². The summed E-state index contributed by atoms with van der Waals surface area (Å²) in [7, 11) is -4.61. The van der Waals surface area contributed by atoms with Crippen LogP contribution in [0.1, 0.15) is 174 Å². The number of aliphatic hydroxyl groups excluding tert-OH is 3. The second-order valence-corrected chi connectivity index (χ2v) is 17.2. The quantitative estimate of drug-likeness (QED) is 0.0153. The summed E-state index contributed by atoms with van der Waals surface area (Å²) in [5.41, 5.74) is 0. The highest BCUT2D eigenvalue weighted by atomic mass is 32.2. The second-order valence-electron chi connectivity index (χ2n) is 15.7. The molecule has 4 N–H and O–H groups in total. The van der Waals surface area contributed by atoms with Gasteiger partial charge in [0.15, 0.2) is 12.4 Å². The van der Waals surface area contributed by atoms with E-state index in [0.717, 1.165) is 77.0 Å². The maximum absolute atomic E-state index is 12.8. The lowest BCUT2D eigenvalue weighted by Crippen LogP contribution is -2.60. The molecular weight excluding hydrogens is 777 g/mol. The van der Waals surface area contributed by atoms with Gasteiger partial charge in [-0.05, 0) is 57.8 Å². The molecule has 0 aliphatic carbocycles. The molecule has 1 aliphatic rings. The molecule has 12 nitrogen and oxygen atoms in total. The molecule has 13 heteroatoms. The molecule has 0 amide bonds. The second kappa shape index (κ2) is 36.3. The summed E-state index contributed by atoms with van der Waals surface area (Å²) in [5, 5.41) is 30.9. The largest absolute Gasteiger partial charge is 0.462 e. The Morgan fingerprint density at radius 3 is 1.63 bits per heavy atom. The Balaban J connectivity index is 2.44. The lowest BCUT2D eigenvalue weighted by Gasteiger charge is -2.40. The van der Waals surface area contributed by atoms with Crippen molar-refractivity contribution in [2.75, 3.05) is 19.0 Å². The predicted octanol–water partition coefficient (Wildman–Crippen LogP) is 9.17. The van der Waals surface area contributed by atoms with Crippen LogP contribution in [0.25, 0.3) is 0 Å². The first-order valence-corrected chi connectivity index (χ1v) is 24.3. The van der Waals surface area contributed by atoms with Gasteiger partial charge in [0.1, 0.15) is 36.8 Å². The Kier molecular flexibility index (Phi) is 33.6. The molecule has 1 aliphatic heterocycles. The van der Waals surface area contributed by atoms with Gasteiger partial charge < -0.3 is 34.3 Å². The van der Waals surface area contributed by atoms with E-state index in [0.29, 0.717) is 12.8 Å². The molecule has 6 atom stereocenters. The van der Waals surface area contributed by atoms with E-state index in [-0.39, 0.29) is 19.4 Å². The number of ether oxygens (including phenoxy) is 4. The van der Waals surface area contributed by atoms with E-state index < -0.39 is 71.2 Å². The molecule has 0 aromatic rings. The number of aliphatic hydroxyl groups is 3. The smallest absolute Gasteiger partial charge is 0.306 e. The number of carbonyl (C=O) groups is 2. The van der Waals surface area contributed by atoms with Gasteiger partial charge in [0.25, 0.3) is 10.1 Å². The van der Waals surface area contributed by atoms with Gasteiger partial charge in [0.2, 0.25) is 0 Å². The molecule has 1 rings (SSSR count). The van der Waals surface area contributed by atoms with Crippen molar-refractivity contribution in [3.8, 4) is 0 Å². The predicted molar refractivity (Wildman–Crippen MR) is 233 cm³/mol. The number of carbonyl (C=O) groups excluding carboxylic acids is 2. The van der Waals surface area contributed by atoms with Gasteiger partial charge in [0, 0.05) is 12.8 Å². The van der Waals surface area contributed by atoms with Gasteiger partial charge >= 0.3 is 11.9 Å². The van der Waals surface area contributed by atoms with Crippen LogP contribution < -0.4 is 0 Å². The van der Waals surface area contributed by atoms with E-state index in [1.54, 1.807) is 0 Å². The van der Waals surface area contributed by atoms with E-state index in [1.807, 2.05) is 24.3 Å². The van der Waals surface area contributed by atoms with Gasteiger partial charge in [-0.3, -0.25) is 14.1 Å². The zero-order chi connectivity index (χ0) is 43.4. The topological polar surface area (TPSA) is 186 Å². The van der Waals surface area contributed by atoms with Gasteiger partial charge in [-0.15, -0.1) is 0 Å². The van der Waals surface area contributed by atoms with Gasteiger partial charge in [-0.1, -0.05) is 152 Å². The van der Waals surface area contributed by atoms with Crippen LogP contribution in [0.5, 0.6) is 0 Å². The molecule has 1 fully saturated rings. The van der Waals surface area contributed by atoms with Crippen LogP contribution in [0.15, 0.2) is 48.6 Å². The molecule has 0 aromatic heterocycles. The van der Waals surface area contributed by atoms with Gasteiger partial charge in [-0.2, -0.15) is 8.42 Å². The van der Waals surface area contributed by atoms with Crippen LogP contribution in [0, 0.1) is 0 Å². The molecule has 0 aromatic carbocycles. The molecule has 342 valence electrons. The fraction of sp³-hybridized carbons (Fsp3) is 0.783. The summed E-state index contributed by atoms with van der Waals surface area (Å²) in [6, 6.07) is 0. The number of unbranched alkanes of at least 4 members (excludes halogenated alkanes) is 19. The third kappa shape index (κ3) is 31.2. The molecule has 59 heavy (non-hydrogen) atoms. The molecule has 0 radical (unpaired) electrons. The Morgan fingerprint density at radius 1 is 0.593 bits per heavy atom. The SMILES string of the molecule is CC/C=C/C=C/C=C/CCCCCCCC(=O)OC(COC(=O)CCCCCCC/C=C/CCCCCCCCCCC)CO[C@H]1O[C@H](CS(=O)(=O)O)[C@@H](O)C(O)C1O. The zero-order valence-electron chi connectivity index (χ0n) is 36.3. The minimum atomic E-state index is -4.61. The van der Waals surface area contributed by atoms with E-state index in [9.17, 15) is 37.9 Å². The monoisotopic (exact) mass is 857 g/mol. The standard InChI is InChI=1S/C46H80O12S/c1-3-5-7-9-11-13-15-17-18-19-20-21-23-24-26-28-30-32-34-41(47)55-36-39(37-56-46-45(51)44(50)43(49)40(58-46)38-59(52,53)54)57-42(48)35-33-31-29-27-25-22-16-14-12-10-8-6-4-2/h6,8,10,12,14,16,20-21,39-40,43-46,49-51H,3-5,7,9,11,13,15,17-19,22-38H2,1-2H3,(H,52,53,54)/b8-6+,12-10+,16-14+,21-20+/t39?,40-,43-,44?,45?,46+/m1/s1. The van der Waals surface area contributed by atoms with E-state index >= 15 is 0 Å². The van der Waals surface area contributed by atoms with Gasteiger partial charge in [-0.25, -0.2) is 0 Å². The van der Waals surface area contributed by atoms with Crippen molar-refractivity contribution < 1.29 is 56.8 Å². The van der Waals surface area contributed by atoms with Crippen molar-refractivity contribution in [2.45, 2.75) is 211 Å². The van der Waals surface area contributed by atoms with Crippen LogP contribution in [-0.2, 0) is 38.7 Å². The van der Waals surface area contributed by atoms with Crippen LogP contribution in [0.4, 0.5) is 0 Å². The molecule has 1 saturated heterocycles. The van der Waals surface area contributed by atoms with Crippen LogP contribution in [0.2, 0.25) is 0 Å². The van der Waals surface area contributed by atoms with Crippen LogP contribution in [-0.4, -0.2) is 96.0 Å². The fourth-order valence-corrected chi connectivity index (χ4v) is 7.36. The van der Waals surface area contributed by atoms with Crippen molar-refractivity contribution in [1.29, 1.82) is 0 Å². The maximum Gasteiger partial charge on any atom is 0.306 e. The highest BCUT2D eigenvalue weighted by molar-refractivity contribution is 7.85. The normalized spacial score (nSPS) is 20.7. The van der Waals surface area contributed by atoms with Crippen molar-refractivity contribution in [3.63, 3.8) is 0 Å². The van der Waals surface area contributed by atoms with Crippen molar-refractivity contribution in [1.82, 2.24) is 0 Å². The van der Waals surface area contributed by atoms with Crippen molar-refractivity contribution >= 4 is 22.1 Å². The highest BCUT2D eigenvalue weighted by Gasteiger charge is 2.46. The summed E-state index contributed by atoms with van der Waals surface area (Å²) in [6.45, 7) is 3.60. The van der Waals surface area contributed by atoms with Crippen molar-refractivity contribution in [2.24, 2.45) is 0 Å². The third-order valence-electron chi connectivity index (χ3n) is 10.2. The number of hydrogen-bond acceptors (Lipinski definition) is 11. The minimum Gasteiger partial charge on any atom is -0.462 e. The Bertz CT molecular complexity index is 1280. The number of esters is 2. The summed E-state index contributed by atoms with van der Waals surface area (Å²) in [5.74, 6) is -2.02. The molecule has 0 bridgehead atoms. The summed E-state index contributed by atoms with van der Waals surface area (Å²) in [4.78, 5) is 25.4. The first kappa shape index (κ1) is 54.6. The average Bonchev–Trinajstić information content (AvgIpc) is 3.20. The highest BCUT2D eigenvalue weighted by Crippen LogP contribution is 2.24. The first-order chi connectivity index (χ1) is 28.5. The van der Waals surface area contributed by atoms with E-state index in [1.165, 1.54) is 57.8 Å². The Labute approximate surface area is 356 Å². The lowest BCUT2D eigenvalue weighted by molar-refractivity contribution is -0.297. The first-order valence-electron chi connectivity index (χ1n) is 22.7. The van der Waals surface area contributed by atoms with Crippen LogP contribution >= 0.6 is 0 Å². The van der Waals surface area contributed by atoms with E-state index in [4.69, 9.17) is 18.9 Å². The third-order valence-corrected chi connectivity index (χ3v) is 11.0. The van der Waals surface area contributed by atoms with Gasteiger partial charge in [0.05, 0.1) is 6.61 Å². The number of rotatable bonds is 37. The van der Waals surface area contributed by atoms with Crippen molar-refractivity contribution in [3.05, 3.63) is 48.6 Å². The van der Waals surface area contributed by atoms with E-state index in [2.05, 4.69) is 38.2 Å². The fourth-order valence-electron chi connectivity index (χ4n) is 6.67. The average molecular weight is 857 g/mol. The lowest BCUT2D eigenvalue weighted by atomic mass is 10.00.